The summed E-state index contributed by atoms with van der Waals surface area (Å²) in [6.45, 7) is 0.306. The van der Waals surface area contributed by atoms with Crippen LogP contribution in [0.15, 0.2) is 71.4 Å². The van der Waals surface area contributed by atoms with Gasteiger partial charge in [0.2, 0.25) is 0 Å². The van der Waals surface area contributed by atoms with Crippen molar-refractivity contribution in [2.45, 2.75) is 5.92 Å². The van der Waals surface area contributed by atoms with Gasteiger partial charge in [-0.3, -0.25) is 4.79 Å². The summed E-state index contributed by atoms with van der Waals surface area (Å²) in [5, 5.41) is 4.15. The second kappa shape index (κ2) is 7.90. The molecule has 0 spiro atoms. The normalized spacial score (nSPS) is 11.9. The Kier molecular flexibility index (Phi) is 5.41. The Labute approximate surface area is 145 Å². The second-order valence-electron chi connectivity index (χ2n) is 5.32. The molecule has 1 unspecified atom stereocenters. The standard InChI is InChI=1S/C20H18NO2S/c21-12-10-19(20(22)23-18-4-2-1-3-5-18)16-8-6-15(7-9-16)17-11-13-24-14-17/h1-11,13-14,19H,12,21H2. The fourth-order valence-electron chi connectivity index (χ4n) is 2.48. The van der Waals surface area contributed by atoms with E-state index in [4.69, 9.17) is 10.5 Å². The van der Waals surface area contributed by atoms with E-state index in [0.717, 1.165) is 11.1 Å². The molecule has 2 N–H and O–H groups in total. The van der Waals surface area contributed by atoms with Crippen LogP contribution in [0.4, 0.5) is 0 Å². The molecule has 0 amide bonds. The molecule has 0 bridgehead atoms. The summed E-state index contributed by atoms with van der Waals surface area (Å²) in [6.07, 6.45) is 1.77. The van der Waals surface area contributed by atoms with E-state index in [9.17, 15) is 4.79 Å². The number of rotatable bonds is 6. The molecule has 0 saturated heterocycles. The van der Waals surface area contributed by atoms with Crippen LogP contribution >= 0.6 is 11.3 Å². The molecule has 0 aliphatic carbocycles. The summed E-state index contributed by atoms with van der Waals surface area (Å²) in [6, 6.07) is 19.1. The molecule has 1 radical (unpaired) electrons. The first-order chi connectivity index (χ1) is 11.8. The van der Waals surface area contributed by atoms with Gasteiger partial charge in [0.15, 0.2) is 0 Å². The first-order valence-corrected chi connectivity index (χ1v) is 8.65. The Balaban J connectivity index is 1.78. The number of nitrogens with two attached hydrogens (primary N) is 1. The molecule has 3 nitrogen and oxygen atoms in total. The minimum absolute atomic E-state index is 0.306. The summed E-state index contributed by atoms with van der Waals surface area (Å²) < 4.78 is 5.46. The summed E-state index contributed by atoms with van der Waals surface area (Å²) >= 11 is 1.66. The number of ether oxygens (including phenoxy) is 1. The van der Waals surface area contributed by atoms with Gasteiger partial charge in [-0.05, 0) is 58.6 Å². The summed E-state index contributed by atoms with van der Waals surface area (Å²) in [4.78, 5) is 12.5. The lowest BCUT2D eigenvalue weighted by molar-refractivity contribution is -0.135. The van der Waals surface area contributed by atoms with E-state index < -0.39 is 5.92 Å². The highest BCUT2D eigenvalue weighted by molar-refractivity contribution is 7.08. The van der Waals surface area contributed by atoms with Crippen LogP contribution in [0.5, 0.6) is 5.75 Å². The number of hydrogen-bond donors (Lipinski definition) is 1. The van der Waals surface area contributed by atoms with Crippen molar-refractivity contribution in [2.75, 3.05) is 6.54 Å². The molecule has 121 valence electrons. The van der Waals surface area contributed by atoms with Crippen molar-refractivity contribution in [1.29, 1.82) is 0 Å². The predicted octanol–water partition coefficient (Wildman–Crippen LogP) is 4.27. The molecule has 24 heavy (non-hydrogen) atoms. The number of carbonyl (C=O) groups excluding carboxylic acids is 1. The van der Waals surface area contributed by atoms with E-state index >= 15 is 0 Å². The van der Waals surface area contributed by atoms with Crippen molar-refractivity contribution in [3.05, 3.63) is 83.4 Å². The Morgan fingerprint density at radius 2 is 1.79 bits per heavy atom. The summed E-state index contributed by atoms with van der Waals surface area (Å²) in [7, 11) is 0. The van der Waals surface area contributed by atoms with E-state index in [0.29, 0.717) is 12.3 Å². The molecule has 1 aromatic heterocycles. The summed E-state index contributed by atoms with van der Waals surface area (Å²) in [5.41, 5.74) is 8.82. The van der Waals surface area contributed by atoms with E-state index in [1.807, 2.05) is 47.8 Å². The van der Waals surface area contributed by atoms with Gasteiger partial charge in [0.1, 0.15) is 5.75 Å². The van der Waals surface area contributed by atoms with Crippen LogP contribution in [0.25, 0.3) is 11.1 Å². The zero-order valence-electron chi connectivity index (χ0n) is 13.1. The number of esters is 1. The van der Waals surface area contributed by atoms with Crippen molar-refractivity contribution in [3.63, 3.8) is 0 Å². The molecule has 0 aliphatic heterocycles. The van der Waals surface area contributed by atoms with E-state index in [-0.39, 0.29) is 5.97 Å². The lowest BCUT2D eigenvalue weighted by atomic mass is 9.94. The minimum atomic E-state index is -0.480. The third kappa shape index (κ3) is 3.91. The van der Waals surface area contributed by atoms with E-state index in [1.54, 1.807) is 29.9 Å². The van der Waals surface area contributed by atoms with Crippen molar-refractivity contribution in [3.8, 4) is 16.9 Å². The lowest BCUT2D eigenvalue weighted by Crippen LogP contribution is -2.22. The Morgan fingerprint density at radius 1 is 1.04 bits per heavy atom. The first-order valence-electron chi connectivity index (χ1n) is 7.70. The molecular formula is C20H18NO2S. The monoisotopic (exact) mass is 336 g/mol. The predicted molar refractivity (Wildman–Crippen MR) is 97.9 cm³/mol. The smallest absolute Gasteiger partial charge is 0.319 e. The largest absolute Gasteiger partial charge is 0.426 e. The fraction of sp³-hybridized carbons (Fsp3) is 0.100. The van der Waals surface area contributed by atoms with Crippen LogP contribution in [0.2, 0.25) is 0 Å². The van der Waals surface area contributed by atoms with Crippen LogP contribution in [0, 0.1) is 6.42 Å². The third-order valence-corrected chi connectivity index (χ3v) is 4.39. The Hall–Kier alpha value is -2.43. The van der Waals surface area contributed by atoms with Gasteiger partial charge in [-0.2, -0.15) is 11.3 Å². The maximum absolute atomic E-state index is 12.5. The number of thiophene rings is 1. The van der Waals surface area contributed by atoms with Gasteiger partial charge in [0.05, 0.1) is 5.92 Å². The average Bonchev–Trinajstić information content (AvgIpc) is 3.15. The van der Waals surface area contributed by atoms with Crippen LogP contribution < -0.4 is 10.5 Å². The molecule has 4 heteroatoms. The molecule has 1 heterocycles. The molecule has 3 rings (SSSR count). The van der Waals surface area contributed by atoms with Gasteiger partial charge < -0.3 is 10.5 Å². The Bertz CT molecular complexity index is 767. The quantitative estimate of drug-likeness (QED) is 0.540. The van der Waals surface area contributed by atoms with Crippen molar-refractivity contribution >= 4 is 17.3 Å². The SMILES string of the molecule is NC[CH]C(C(=O)Oc1ccccc1)c1ccc(-c2ccsc2)cc1. The number of benzene rings is 2. The Morgan fingerprint density at radius 3 is 2.42 bits per heavy atom. The van der Waals surface area contributed by atoms with Crippen LogP contribution in [-0.4, -0.2) is 12.5 Å². The molecule has 0 saturated carbocycles. The van der Waals surface area contributed by atoms with Crippen molar-refractivity contribution < 1.29 is 9.53 Å². The molecule has 0 aliphatic rings. The van der Waals surface area contributed by atoms with Gasteiger partial charge >= 0.3 is 5.97 Å². The molecule has 2 aromatic carbocycles. The third-order valence-electron chi connectivity index (χ3n) is 3.71. The van der Waals surface area contributed by atoms with E-state index in [2.05, 4.69) is 11.4 Å². The zero-order chi connectivity index (χ0) is 16.8. The van der Waals surface area contributed by atoms with Crippen LogP contribution in [-0.2, 0) is 4.79 Å². The van der Waals surface area contributed by atoms with Gasteiger partial charge in [0, 0.05) is 0 Å². The average molecular weight is 336 g/mol. The van der Waals surface area contributed by atoms with Gasteiger partial charge in [-0.15, -0.1) is 0 Å². The molecule has 1 atom stereocenters. The highest BCUT2D eigenvalue weighted by Crippen LogP contribution is 2.27. The number of carbonyl (C=O) groups is 1. The summed E-state index contributed by atoms with van der Waals surface area (Å²) in [5.74, 6) is -0.269. The van der Waals surface area contributed by atoms with Crippen LogP contribution in [0.3, 0.4) is 0 Å². The fourth-order valence-corrected chi connectivity index (χ4v) is 3.15. The zero-order valence-corrected chi connectivity index (χ0v) is 13.9. The maximum Gasteiger partial charge on any atom is 0.319 e. The minimum Gasteiger partial charge on any atom is -0.426 e. The number of para-hydroxylation sites is 1. The highest BCUT2D eigenvalue weighted by atomic mass is 32.1. The highest BCUT2D eigenvalue weighted by Gasteiger charge is 2.22. The van der Waals surface area contributed by atoms with Crippen molar-refractivity contribution in [2.24, 2.45) is 5.73 Å². The number of hydrogen-bond acceptors (Lipinski definition) is 4. The first kappa shape index (κ1) is 16.4. The van der Waals surface area contributed by atoms with Crippen molar-refractivity contribution in [1.82, 2.24) is 0 Å². The second-order valence-corrected chi connectivity index (χ2v) is 6.10. The lowest BCUT2D eigenvalue weighted by Gasteiger charge is -2.15. The van der Waals surface area contributed by atoms with Crippen LogP contribution in [0.1, 0.15) is 11.5 Å². The van der Waals surface area contributed by atoms with Gasteiger partial charge in [-0.1, -0.05) is 42.5 Å². The molecule has 0 fully saturated rings. The topological polar surface area (TPSA) is 52.3 Å². The van der Waals surface area contributed by atoms with Gasteiger partial charge in [0.25, 0.3) is 0 Å². The van der Waals surface area contributed by atoms with E-state index in [1.165, 1.54) is 5.56 Å². The maximum atomic E-state index is 12.5. The van der Waals surface area contributed by atoms with Gasteiger partial charge in [-0.25, -0.2) is 0 Å². The molecule has 3 aromatic rings. The molecular weight excluding hydrogens is 318 g/mol.